The molecule has 1 unspecified atom stereocenters. The Kier molecular flexibility index (Phi) is 7.84. The summed E-state index contributed by atoms with van der Waals surface area (Å²) < 4.78 is 0. The zero-order valence-electron chi connectivity index (χ0n) is 18.9. The number of nitrogens with zero attached hydrogens (tertiary/aromatic N) is 1. The molecule has 0 spiro atoms. The van der Waals surface area contributed by atoms with Gasteiger partial charge in [-0.2, -0.15) is 0 Å². The van der Waals surface area contributed by atoms with Crippen LogP contribution in [0.5, 0.6) is 0 Å². The number of aliphatic carboxylic acids is 1. The van der Waals surface area contributed by atoms with Crippen LogP contribution in [0, 0.1) is 0 Å². The van der Waals surface area contributed by atoms with Crippen molar-refractivity contribution in [1.29, 1.82) is 0 Å². The zero-order chi connectivity index (χ0) is 23.1. The van der Waals surface area contributed by atoms with E-state index >= 15 is 0 Å². The number of amides is 1. The molecule has 3 rings (SSSR count). The average molecular weight is 434 g/mol. The lowest BCUT2D eigenvalue weighted by Crippen LogP contribution is -2.20. The molecular weight excluding hydrogens is 402 g/mol. The summed E-state index contributed by atoms with van der Waals surface area (Å²) in [5.74, 6) is -1.49. The van der Waals surface area contributed by atoms with Crippen LogP contribution in [0.4, 0.5) is 0 Å². The van der Waals surface area contributed by atoms with Gasteiger partial charge in [0, 0.05) is 36.3 Å². The number of carboxylic acids is 1. The van der Waals surface area contributed by atoms with Gasteiger partial charge in [0.1, 0.15) is 0 Å². The molecule has 1 aromatic heterocycles. The van der Waals surface area contributed by atoms with E-state index in [-0.39, 0.29) is 5.91 Å². The highest BCUT2D eigenvalue weighted by molar-refractivity contribution is 5.93. The third kappa shape index (κ3) is 6.08. The molecule has 3 aromatic rings. The van der Waals surface area contributed by atoms with E-state index in [4.69, 9.17) is 0 Å². The first kappa shape index (κ1) is 23.3. The number of carboxylic acid groups (broad SMARTS) is 1. The first-order valence-electron chi connectivity index (χ1n) is 10.9. The van der Waals surface area contributed by atoms with E-state index in [1.54, 1.807) is 6.08 Å². The maximum Gasteiger partial charge on any atom is 0.310 e. The molecule has 6 heteroatoms. The molecule has 0 saturated heterocycles. The molecule has 0 saturated carbocycles. The minimum Gasteiger partial charge on any atom is -0.481 e. The second-order valence-electron chi connectivity index (χ2n) is 8.26. The molecule has 1 amide bonds. The van der Waals surface area contributed by atoms with Crippen LogP contribution in [-0.4, -0.2) is 47.5 Å². The van der Waals surface area contributed by atoms with Crippen molar-refractivity contribution in [2.24, 2.45) is 0 Å². The second kappa shape index (κ2) is 10.8. The molecule has 32 heavy (non-hydrogen) atoms. The number of hydrogen-bond acceptors (Lipinski definition) is 3. The summed E-state index contributed by atoms with van der Waals surface area (Å²) in [5, 5.41) is 13.3. The van der Waals surface area contributed by atoms with E-state index in [0.29, 0.717) is 13.0 Å². The van der Waals surface area contributed by atoms with Crippen LogP contribution in [0.3, 0.4) is 0 Å². The van der Waals surface area contributed by atoms with Gasteiger partial charge in [-0.25, -0.2) is 0 Å². The number of aromatic amines is 1. The fourth-order valence-electron chi connectivity index (χ4n) is 3.69. The maximum absolute atomic E-state index is 12.3. The maximum atomic E-state index is 12.3. The summed E-state index contributed by atoms with van der Waals surface area (Å²) >= 11 is 0. The van der Waals surface area contributed by atoms with Gasteiger partial charge in [0.15, 0.2) is 0 Å². The number of H-pyrrole nitrogens is 1. The first-order valence-corrected chi connectivity index (χ1v) is 10.9. The van der Waals surface area contributed by atoms with E-state index in [9.17, 15) is 14.7 Å². The molecule has 0 aliphatic rings. The third-order valence-corrected chi connectivity index (χ3v) is 5.60. The van der Waals surface area contributed by atoms with Crippen LogP contribution in [0.15, 0.2) is 54.7 Å². The molecule has 1 atom stereocenters. The summed E-state index contributed by atoms with van der Waals surface area (Å²) in [6, 6.07) is 13.5. The van der Waals surface area contributed by atoms with Crippen LogP contribution >= 0.6 is 0 Å². The highest BCUT2D eigenvalue weighted by Gasteiger charge is 2.17. The number of nitrogens with one attached hydrogen (secondary N) is 2. The van der Waals surface area contributed by atoms with E-state index < -0.39 is 11.9 Å². The number of carbonyl (C=O) groups is 2. The van der Waals surface area contributed by atoms with Gasteiger partial charge in [-0.05, 0) is 67.4 Å². The SMILES string of the molecule is CCC(C(=O)O)c1ccc(CNC(=O)C=Cc2ccc3[nH]cc(CCN(C)C)c3c2)cc1. The molecule has 0 radical (unpaired) electrons. The minimum atomic E-state index is -0.818. The number of fused-ring (bicyclic) bond motifs is 1. The Morgan fingerprint density at radius 3 is 2.56 bits per heavy atom. The average Bonchev–Trinajstić information content (AvgIpc) is 3.18. The monoisotopic (exact) mass is 433 g/mol. The van der Waals surface area contributed by atoms with Crippen molar-refractivity contribution in [1.82, 2.24) is 15.2 Å². The van der Waals surface area contributed by atoms with Gasteiger partial charge in [-0.3, -0.25) is 9.59 Å². The topological polar surface area (TPSA) is 85.4 Å². The van der Waals surface area contributed by atoms with Crippen molar-refractivity contribution in [2.75, 3.05) is 20.6 Å². The summed E-state index contributed by atoms with van der Waals surface area (Å²) in [4.78, 5) is 29.0. The van der Waals surface area contributed by atoms with Crippen LogP contribution in [0.1, 0.15) is 41.5 Å². The van der Waals surface area contributed by atoms with Gasteiger partial charge in [-0.15, -0.1) is 0 Å². The van der Waals surface area contributed by atoms with Crippen molar-refractivity contribution >= 4 is 28.9 Å². The second-order valence-corrected chi connectivity index (χ2v) is 8.26. The van der Waals surface area contributed by atoms with E-state index in [2.05, 4.69) is 41.6 Å². The molecule has 0 aliphatic heterocycles. The predicted molar refractivity (Wildman–Crippen MR) is 129 cm³/mol. The third-order valence-electron chi connectivity index (χ3n) is 5.60. The van der Waals surface area contributed by atoms with E-state index in [1.165, 1.54) is 10.9 Å². The van der Waals surface area contributed by atoms with Gasteiger partial charge >= 0.3 is 5.97 Å². The summed E-state index contributed by atoms with van der Waals surface area (Å²) in [6.07, 6.45) is 6.92. The van der Waals surface area contributed by atoms with Gasteiger partial charge in [-0.1, -0.05) is 37.3 Å². The Morgan fingerprint density at radius 2 is 1.91 bits per heavy atom. The lowest BCUT2D eigenvalue weighted by molar-refractivity contribution is -0.138. The highest BCUT2D eigenvalue weighted by Crippen LogP contribution is 2.22. The Hall–Kier alpha value is -3.38. The summed E-state index contributed by atoms with van der Waals surface area (Å²) in [6.45, 7) is 3.22. The molecule has 0 bridgehead atoms. The largest absolute Gasteiger partial charge is 0.481 e. The molecule has 0 aliphatic carbocycles. The van der Waals surface area contributed by atoms with Crippen molar-refractivity contribution in [3.05, 3.63) is 77.0 Å². The fourth-order valence-corrected chi connectivity index (χ4v) is 3.69. The molecule has 1 heterocycles. The van der Waals surface area contributed by atoms with Gasteiger partial charge in [0.05, 0.1) is 5.92 Å². The molecule has 168 valence electrons. The number of aromatic nitrogens is 1. The van der Waals surface area contributed by atoms with Gasteiger partial charge < -0.3 is 20.3 Å². The predicted octanol–water partition coefficient (Wildman–Crippen LogP) is 4.18. The van der Waals surface area contributed by atoms with Crippen LogP contribution in [0.25, 0.3) is 17.0 Å². The number of hydrogen-bond donors (Lipinski definition) is 3. The van der Waals surface area contributed by atoms with Gasteiger partial charge in [0.2, 0.25) is 5.91 Å². The number of carbonyl (C=O) groups excluding carboxylic acids is 1. The Morgan fingerprint density at radius 1 is 1.16 bits per heavy atom. The summed E-state index contributed by atoms with van der Waals surface area (Å²) in [5.41, 5.74) is 5.04. The lowest BCUT2D eigenvalue weighted by atomic mass is 9.96. The van der Waals surface area contributed by atoms with Crippen molar-refractivity contribution in [2.45, 2.75) is 32.2 Å². The van der Waals surface area contributed by atoms with Crippen molar-refractivity contribution in [3.63, 3.8) is 0 Å². The Labute approximate surface area is 188 Å². The molecule has 2 aromatic carbocycles. The molecule has 0 fully saturated rings. The quantitative estimate of drug-likeness (QED) is 0.419. The zero-order valence-corrected chi connectivity index (χ0v) is 18.9. The number of benzene rings is 2. The van der Waals surface area contributed by atoms with E-state index in [1.807, 2.05) is 49.4 Å². The molecular formula is C26H31N3O3. The smallest absolute Gasteiger partial charge is 0.310 e. The lowest BCUT2D eigenvalue weighted by Gasteiger charge is -2.11. The normalized spacial score (nSPS) is 12.5. The number of likely N-dealkylation sites (N-methyl/N-ethyl adjacent to an activating group) is 1. The Balaban J connectivity index is 1.59. The Bertz CT molecular complexity index is 1100. The first-order chi connectivity index (χ1) is 15.4. The molecule has 6 nitrogen and oxygen atoms in total. The van der Waals surface area contributed by atoms with Crippen LogP contribution in [0.2, 0.25) is 0 Å². The van der Waals surface area contributed by atoms with Crippen LogP contribution in [-0.2, 0) is 22.6 Å². The van der Waals surface area contributed by atoms with Gasteiger partial charge in [0.25, 0.3) is 0 Å². The molecule has 3 N–H and O–H groups in total. The van der Waals surface area contributed by atoms with Crippen LogP contribution < -0.4 is 5.32 Å². The minimum absolute atomic E-state index is 0.173. The number of rotatable bonds is 10. The van der Waals surface area contributed by atoms with E-state index in [0.717, 1.165) is 35.2 Å². The summed E-state index contributed by atoms with van der Waals surface area (Å²) in [7, 11) is 4.13. The van der Waals surface area contributed by atoms with Crippen molar-refractivity contribution < 1.29 is 14.7 Å². The van der Waals surface area contributed by atoms with Crippen molar-refractivity contribution in [3.8, 4) is 0 Å². The highest BCUT2D eigenvalue weighted by atomic mass is 16.4. The fraction of sp³-hybridized carbons (Fsp3) is 0.308. The standard InChI is InChI=1S/C26H31N3O3/c1-4-22(26(31)32)20-9-5-19(6-10-20)16-28-25(30)12-8-18-7-11-24-23(15-18)21(17-27-24)13-14-29(2)3/h5-12,15,17,22,27H,4,13-14,16H2,1-3H3,(H,28,30)(H,31,32).